The number of benzene rings is 3. The third-order valence-electron chi connectivity index (χ3n) is 5.96. The molecule has 0 nitrogen and oxygen atoms in total. The molecule has 0 atom stereocenters. The maximum Gasteiger partial charge on any atom is -1.00 e. The van der Waals surface area contributed by atoms with Gasteiger partial charge in [0.25, 0.3) is 0 Å². The Morgan fingerprint density at radius 3 is 1.25 bits per heavy atom. The van der Waals surface area contributed by atoms with Crippen molar-refractivity contribution in [3.63, 3.8) is 0 Å². The molecule has 1 aliphatic carbocycles. The maximum atomic E-state index is 2.51. The summed E-state index contributed by atoms with van der Waals surface area (Å²) in [6.45, 7) is 7.38. The van der Waals surface area contributed by atoms with E-state index in [0.29, 0.717) is 0 Å². The summed E-state index contributed by atoms with van der Waals surface area (Å²) in [5.41, 5.74) is 5.29. The zero-order chi connectivity index (χ0) is 20.5. The van der Waals surface area contributed by atoms with Crippen molar-refractivity contribution in [3.05, 3.63) is 128 Å². The van der Waals surface area contributed by atoms with E-state index in [4.69, 9.17) is 0 Å². The number of rotatable bonds is 5. The average molecular weight is 534 g/mol. The van der Waals surface area contributed by atoms with Gasteiger partial charge in [0.05, 0.1) is 0 Å². The minimum atomic E-state index is -1.41. The van der Waals surface area contributed by atoms with Gasteiger partial charge in [0.1, 0.15) is 0 Å². The molecule has 5 heteroatoms. The Hall–Kier alpha value is -1.06. The van der Waals surface area contributed by atoms with E-state index in [2.05, 4.69) is 137 Å². The monoisotopic (exact) mass is 532 g/mol. The molecule has 0 aromatic heterocycles. The van der Waals surface area contributed by atoms with E-state index < -0.39 is 8.07 Å². The van der Waals surface area contributed by atoms with E-state index in [1.54, 1.807) is 5.20 Å². The van der Waals surface area contributed by atoms with E-state index in [1.165, 1.54) is 26.1 Å². The fourth-order valence-corrected chi connectivity index (χ4v) is 8.66. The molecule has 0 saturated carbocycles. The van der Waals surface area contributed by atoms with Gasteiger partial charge < -0.3 is 37.2 Å². The van der Waals surface area contributed by atoms with Crippen LogP contribution in [0.5, 0.6) is 0 Å². The second kappa shape index (κ2) is 11.9. The van der Waals surface area contributed by atoms with Gasteiger partial charge in [0, 0.05) is 0 Å². The summed E-state index contributed by atoms with van der Waals surface area (Å²) >= 11 is 2.36. The van der Waals surface area contributed by atoms with Crippen molar-refractivity contribution < 1.29 is 57.7 Å². The minimum Gasteiger partial charge on any atom is -1.00 e. The van der Waals surface area contributed by atoms with E-state index in [9.17, 15) is 0 Å². The number of halogens is 3. The predicted octanol–water partition coefficient (Wildman–Crippen LogP) is -1.96. The Morgan fingerprint density at radius 1 is 0.625 bits per heavy atom. The molecule has 0 N–H and O–H groups in total. The molecule has 4 rings (SSSR count). The Labute approximate surface area is 224 Å². The molecule has 0 bridgehead atoms. The number of allylic oxidation sites excluding steroid dienone is 4. The van der Waals surface area contributed by atoms with Gasteiger partial charge in [-0.05, 0) is 0 Å². The molecule has 3 aromatic rings. The van der Waals surface area contributed by atoms with Crippen molar-refractivity contribution in [3.8, 4) is 0 Å². The van der Waals surface area contributed by atoms with Crippen LogP contribution >= 0.6 is 0 Å². The summed E-state index contributed by atoms with van der Waals surface area (Å²) in [7, 11) is -1.41. The standard InChI is InChI=1S/C27H27Si.3ClH.Ti/c1-28(2,3)26-20-19-25(21-26)27(22-13-7-4-8-14-22,23-15-9-5-10-16-23)24-17-11-6-12-18-24;;;;/h4-18,20H,19H2,1-3H3;3*1H;/q;;;;+3/p-3. The Kier molecular flexibility index (Phi) is 10.8. The minimum absolute atomic E-state index is 0. The van der Waals surface area contributed by atoms with Crippen LogP contribution in [0.2, 0.25) is 19.6 Å². The van der Waals surface area contributed by atoms with Gasteiger partial charge in [-0.1, -0.05) is 0 Å². The van der Waals surface area contributed by atoms with Crippen molar-refractivity contribution >= 4 is 8.07 Å². The summed E-state index contributed by atoms with van der Waals surface area (Å²) in [6, 6.07) is 33.2. The smallest absolute Gasteiger partial charge is 1.00 e. The summed E-state index contributed by atoms with van der Waals surface area (Å²) in [4.78, 5) is 0. The zero-order valence-corrected chi connectivity index (χ0v) is 23.4. The largest absolute Gasteiger partial charge is 1.00 e. The molecule has 0 spiro atoms. The van der Waals surface area contributed by atoms with Crippen LogP contribution in [0.3, 0.4) is 0 Å². The van der Waals surface area contributed by atoms with Gasteiger partial charge in [0.15, 0.2) is 0 Å². The quantitative estimate of drug-likeness (QED) is 0.264. The normalized spacial score (nSPS) is 13.5. The van der Waals surface area contributed by atoms with Crippen LogP contribution < -0.4 is 37.2 Å². The first-order chi connectivity index (χ1) is 14.0. The molecular formula is C27H27Cl3SiTi. The van der Waals surface area contributed by atoms with E-state index >= 15 is 0 Å². The first kappa shape index (κ1) is 29.0. The molecule has 0 fully saturated rings. The van der Waals surface area contributed by atoms with E-state index in [1.807, 2.05) is 0 Å². The molecule has 0 heterocycles. The summed E-state index contributed by atoms with van der Waals surface area (Å²) in [5, 5.41) is 1.61. The zero-order valence-electron chi connectivity index (χ0n) is 18.6. The molecule has 3 aromatic carbocycles. The van der Waals surface area contributed by atoms with Crippen LogP contribution in [0.4, 0.5) is 0 Å². The number of hydrogen-bond donors (Lipinski definition) is 0. The Bertz CT molecular complexity index is 960. The molecular weight excluding hydrogens is 507 g/mol. The molecule has 32 heavy (non-hydrogen) atoms. The molecule has 0 unspecified atom stereocenters. The Morgan fingerprint density at radius 2 is 0.969 bits per heavy atom. The van der Waals surface area contributed by atoms with Crippen LogP contribution in [0.1, 0.15) is 23.1 Å². The maximum absolute atomic E-state index is 2.51. The second-order valence-corrected chi connectivity index (χ2v) is 14.6. The SMILES string of the molecule is C[Si](C)(C)C1=CCC(C(c2ccccc2)(c2ccccc2)c2ccccc2)=[C]1[Ti+3].[Cl-].[Cl-].[Cl-]. The first-order valence-electron chi connectivity index (χ1n) is 10.3. The van der Waals surface area contributed by atoms with E-state index in [0.717, 1.165) is 6.42 Å². The summed E-state index contributed by atoms with van der Waals surface area (Å²) in [6.07, 6.45) is 3.53. The molecule has 1 aliphatic rings. The third kappa shape index (κ3) is 5.20. The van der Waals surface area contributed by atoms with Crippen LogP contribution in [-0.2, 0) is 25.9 Å². The van der Waals surface area contributed by atoms with Crippen LogP contribution in [0, 0.1) is 0 Å². The third-order valence-corrected chi connectivity index (χ3v) is 9.31. The van der Waals surface area contributed by atoms with Crippen LogP contribution in [0.15, 0.2) is 112 Å². The van der Waals surface area contributed by atoms with E-state index in [-0.39, 0.29) is 42.6 Å². The summed E-state index contributed by atoms with van der Waals surface area (Å²) in [5.74, 6) is 0. The van der Waals surface area contributed by atoms with Gasteiger partial charge in [-0.25, -0.2) is 0 Å². The molecule has 0 saturated heterocycles. The van der Waals surface area contributed by atoms with Crippen molar-refractivity contribution in [1.29, 1.82) is 0 Å². The van der Waals surface area contributed by atoms with Crippen molar-refractivity contribution in [2.45, 2.75) is 31.5 Å². The predicted molar refractivity (Wildman–Crippen MR) is 122 cm³/mol. The van der Waals surface area contributed by atoms with Gasteiger partial charge in [0.2, 0.25) is 0 Å². The molecule has 0 amide bonds. The fraction of sp³-hybridized carbons (Fsp3) is 0.185. The summed E-state index contributed by atoms with van der Waals surface area (Å²) < 4.78 is 1.50. The Balaban J connectivity index is 0.00000171. The molecule has 0 aliphatic heterocycles. The van der Waals surface area contributed by atoms with Gasteiger partial charge in [-0.2, -0.15) is 0 Å². The second-order valence-electron chi connectivity index (χ2n) is 8.77. The van der Waals surface area contributed by atoms with Crippen molar-refractivity contribution in [2.75, 3.05) is 0 Å². The molecule has 0 radical (unpaired) electrons. The van der Waals surface area contributed by atoms with Gasteiger partial charge in [-0.15, -0.1) is 0 Å². The van der Waals surface area contributed by atoms with Crippen molar-refractivity contribution in [1.82, 2.24) is 0 Å². The topological polar surface area (TPSA) is 0 Å². The first-order valence-corrected chi connectivity index (χ1v) is 14.6. The van der Waals surface area contributed by atoms with Crippen molar-refractivity contribution in [2.24, 2.45) is 0 Å². The van der Waals surface area contributed by atoms with Crippen LogP contribution in [-0.4, -0.2) is 8.07 Å². The van der Waals surface area contributed by atoms with Gasteiger partial charge >= 0.3 is 188 Å². The fourth-order valence-electron chi connectivity index (χ4n) is 4.68. The van der Waals surface area contributed by atoms with Crippen LogP contribution in [0.25, 0.3) is 0 Å². The average Bonchev–Trinajstić information content (AvgIpc) is 3.13. The van der Waals surface area contributed by atoms with Gasteiger partial charge in [-0.3, -0.25) is 0 Å². The molecule has 164 valence electrons. The number of hydrogen-bond acceptors (Lipinski definition) is 0.